The number of hydrogen-bond acceptors (Lipinski definition) is 2. The lowest BCUT2D eigenvalue weighted by Gasteiger charge is -2.25. The molecule has 0 aliphatic heterocycles. The largest absolute Gasteiger partial charge is 0.492 e. The van der Waals surface area contributed by atoms with E-state index in [0.29, 0.717) is 16.8 Å². The molecule has 0 saturated carbocycles. The molecule has 0 unspecified atom stereocenters. The van der Waals surface area contributed by atoms with Crippen LogP contribution in [-0.2, 0) is 0 Å². The van der Waals surface area contributed by atoms with E-state index < -0.39 is 5.82 Å². The Morgan fingerprint density at radius 2 is 2.11 bits per heavy atom. The fourth-order valence-corrected chi connectivity index (χ4v) is 2.30. The van der Waals surface area contributed by atoms with Crippen molar-refractivity contribution in [3.8, 4) is 5.75 Å². The van der Waals surface area contributed by atoms with Crippen LogP contribution >= 0.6 is 27.5 Å². The van der Waals surface area contributed by atoms with Crippen molar-refractivity contribution in [3.05, 3.63) is 27.4 Å². The molecule has 2 nitrogen and oxygen atoms in total. The van der Waals surface area contributed by atoms with Crippen molar-refractivity contribution < 1.29 is 9.13 Å². The highest BCUT2D eigenvalue weighted by Crippen LogP contribution is 2.31. The highest BCUT2D eigenvalue weighted by atomic mass is 79.9. The average Bonchev–Trinajstić information content (AvgIpc) is 2.32. The summed E-state index contributed by atoms with van der Waals surface area (Å²) >= 11 is 9.01. The molecule has 0 aromatic heterocycles. The maximum absolute atomic E-state index is 13.4. The van der Waals surface area contributed by atoms with Crippen LogP contribution in [0.1, 0.15) is 27.2 Å². The molecule has 0 radical (unpaired) electrons. The summed E-state index contributed by atoms with van der Waals surface area (Å²) in [4.78, 5) is 0. The second-order valence-electron chi connectivity index (χ2n) is 5.33. The lowest BCUT2D eigenvalue weighted by molar-refractivity contribution is 0.175. The van der Waals surface area contributed by atoms with Crippen LogP contribution in [0.15, 0.2) is 16.6 Å². The second kappa shape index (κ2) is 7.46. The molecule has 5 heteroatoms. The van der Waals surface area contributed by atoms with Crippen molar-refractivity contribution in [2.45, 2.75) is 27.2 Å². The van der Waals surface area contributed by atoms with Gasteiger partial charge in [0.25, 0.3) is 0 Å². The predicted molar refractivity (Wildman–Crippen MR) is 81.5 cm³/mol. The highest BCUT2D eigenvalue weighted by Gasteiger charge is 2.19. The molecule has 19 heavy (non-hydrogen) atoms. The molecule has 1 N–H and O–H groups in total. The zero-order chi connectivity index (χ0) is 14.5. The molecule has 0 atom stereocenters. The first kappa shape index (κ1) is 16.7. The summed E-state index contributed by atoms with van der Waals surface area (Å²) < 4.78 is 19.7. The maximum Gasteiger partial charge on any atom is 0.145 e. The molecule has 0 saturated heterocycles. The van der Waals surface area contributed by atoms with Gasteiger partial charge in [0.05, 0.1) is 16.1 Å². The summed E-state index contributed by atoms with van der Waals surface area (Å²) in [5.41, 5.74) is -0.0231. The highest BCUT2D eigenvalue weighted by molar-refractivity contribution is 9.10. The minimum absolute atomic E-state index is 0.0231. The molecule has 0 bridgehead atoms. The summed E-state index contributed by atoms with van der Waals surface area (Å²) in [5.74, 6) is 0.00671. The van der Waals surface area contributed by atoms with E-state index in [0.717, 1.165) is 19.5 Å². The number of hydrogen-bond donors (Lipinski definition) is 1. The SMILES string of the molecule is CCCNCC(C)(C)COc1cc(F)c(Cl)cc1Br. The Bertz CT molecular complexity index is 426. The zero-order valence-corrected chi connectivity index (χ0v) is 13.9. The third-order valence-corrected chi connectivity index (χ3v) is 3.53. The first-order valence-electron chi connectivity index (χ1n) is 6.34. The number of nitrogens with one attached hydrogen (secondary N) is 1. The van der Waals surface area contributed by atoms with Gasteiger partial charge in [-0.1, -0.05) is 32.4 Å². The Morgan fingerprint density at radius 1 is 1.42 bits per heavy atom. The van der Waals surface area contributed by atoms with E-state index in [2.05, 4.69) is 42.0 Å². The van der Waals surface area contributed by atoms with Gasteiger partial charge in [0.15, 0.2) is 0 Å². The molecular weight excluding hydrogens is 333 g/mol. The molecule has 0 heterocycles. The van der Waals surface area contributed by atoms with Crippen LogP contribution in [-0.4, -0.2) is 19.7 Å². The van der Waals surface area contributed by atoms with E-state index in [1.165, 1.54) is 12.1 Å². The number of benzene rings is 1. The standard InChI is InChI=1S/C14H20BrClFNO/c1-4-5-18-8-14(2,3)9-19-13-7-12(17)11(16)6-10(13)15/h6-7,18H,4-5,8-9H2,1-3H3. The molecule has 0 amide bonds. The van der Waals surface area contributed by atoms with Crippen LogP contribution in [0.3, 0.4) is 0 Å². The van der Waals surface area contributed by atoms with Crippen molar-refractivity contribution in [1.82, 2.24) is 5.32 Å². The Kier molecular flexibility index (Phi) is 6.57. The fourth-order valence-electron chi connectivity index (χ4n) is 1.54. The van der Waals surface area contributed by atoms with Crippen LogP contribution < -0.4 is 10.1 Å². The van der Waals surface area contributed by atoms with Gasteiger partial charge in [0.2, 0.25) is 0 Å². The van der Waals surface area contributed by atoms with Crippen molar-refractivity contribution in [1.29, 1.82) is 0 Å². The van der Waals surface area contributed by atoms with Crippen molar-refractivity contribution in [3.63, 3.8) is 0 Å². The molecule has 1 rings (SSSR count). The average molecular weight is 353 g/mol. The van der Waals surface area contributed by atoms with Crippen LogP contribution in [0.25, 0.3) is 0 Å². The summed E-state index contributed by atoms with van der Waals surface area (Å²) in [7, 11) is 0. The Balaban J connectivity index is 2.58. The smallest absolute Gasteiger partial charge is 0.145 e. The van der Waals surface area contributed by atoms with Gasteiger partial charge in [-0.05, 0) is 35.0 Å². The lowest BCUT2D eigenvalue weighted by atomic mass is 9.95. The summed E-state index contributed by atoms with van der Waals surface area (Å²) in [6, 6.07) is 2.82. The summed E-state index contributed by atoms with van der Waals surface area (Å²) in [5, 5.41) is 3.45. The van der Waals surface area contributed by atoms with Crippen LogP contribution in [0.2, 0.25) is 5.02 Å². The minimum Gasteiger partial charge on any atom is -0.492 e. The summed E-state index contributed by atoms with van der Waals surface area (Å²) in [6.45, 7) is 8.69. The molecule has 0 aliphatic carbocycles. The maximum atomic E-state index is 13.4. The minimum atomic E-state index is -0.471. The summed E-state index contributed by atoms with van der Waals surface area (Å²) in [6.07, 6.45) is 1.10. The molecular formula is C14H20BrClFNO. The van der Waals surface area contributed by atoms with Crippen molar-refractivity contribution in [2.75, 3.05) is 19.7 Å². The van der Waals surface area contributed by atoms with E-state index in [-0.39, 0.29) is 10.4 Å². The lowest BCUT2D eigenvalue weighted by Crippen LogP contribution is -2.34. The Morgan fingerprint density at radius 3 is 2.74 bits per heavy atom. The van der Waals surface area contributed by atoms with Crippen molar-refractivity contribution in [2.24, 2.45) is 5.41 Å². The molecule has 0 fully saturated rings. The monoisotopic (exact) mass is 351 g/mol. The molecule has 1 aromatic carbocycles. The second-order valence-corrected chi connectivity index (χ2v) is 6.59. The van der Waals surface area contributed by atoms with Crippen LogP contribution in [0.4, 0.5) is 4.39 Å². The van der Waals surface area contributed by atoms with E-state index >= 15 is 0 Å². The van der Waals surface area contributed by atoms with Gasteiger partial charge in [-0.2, -0.15) is 0 Å². The van der Waals surface area contributed by atoms with Gasteiger partial charge in [0.1, 0.15) is 11.6 Å². The third kappa shape index (κ3) is 5.67. The Hall–Kier alpha value is -0.320. The topological polar surface area (TPSA) is 21.3 Å². The van der Waals surface area contributed by atoms with Gasteiger partial charge >= 0.3 is 0 Å². The van der Waals surface area contributed by atoms with E-state index in [1.807, 2.05) is 0 Å². The first-order valence-corrected chi connectivity index (χ1v) is 7.51. The van der Waals surface area contributed by atoms with Crippen LogP contribution in [0, 0.1) is 11.2 Å². The van der Waals surface area contributed by atoms with Crippen molar-refractivity contribution >= 4 is 27.5 Å². The van der Waals surface area contributed by atoms with Gasteiger partial charge in [-0.15, -0.1) is 0 Å². The number of rotatable bonds is 7. The van der Waals surface area contributed by atoms with Gasteiger partial charge in [-0.3, -0.25) is 0 Å². The van der Waals surface area contributed by atoms with E-state index in [1.54, 1.807) is 0 Å². The predicted octanol–water partition coefficient (Wildman–Crippen LogP) is 4.65. The van der Waals surface area contributed by atoms with E-state index in [9.17, 15) is 4.39 Å². The molecule has 1 aromatic rings. The zero-order valence-electron chi connectivity index (χ0n) is 11.5. The molecule has 0 aliphatic rings. The Labute approximate surface area is 127 Å². The molecule has 108 valence electrons. The van der Waals surface area contributed by atoms with Gasteiger partial charge in [-0.25, -0.2) is 4.39 Å². The number of ether oxygens (including phenoxy) is 1. The third-order valence-electron chi connectivity index (χ3n) is 2.62. The van der Waals surface area contributed by atoms with Crippen LogP contribution in [0.5, 0.6) is 5.75 Å². The quantitative estimate of drug-likeness (QED) is 0.570. The van der Waals surface area contributed by atoms with Gasteiger partial charge in [0, 0.05) is 18.0 Å². The van der Waals surface area contributed by atoms with Gasteiger partial charge < -0.3 is 10.1 Å². The fraction of sp³-hybridized carbons (Fsp3) is 0.571. The normalized spacial score (nSPS) is 11.7. The molecule has 0 spiro atoms. The first-order chi connectivity index (χ1) is 8.85. The number of halogens is 3. The van der Waals surface area contributed by atoms with E-state index in [4.69, 9.17) is 16.3 Å².